The topological polar surface area (TPSA) is 77.2 Å². The first-order valence-corrected chi connectivity index (χ1v) is 6.80. The third kappa shape index (κ3) is 1.71. The zero-order valence-corrected chi connectivity index (χ0v) is 10.9. The molecule has 2 heterocycles. The molecule has 1 aliphatic carbocycles. The van der Waals surface area contributed by atoms with E-state index in [1.54, 1.807) is 4.90 Å². The predicted octanol–water partition coefficient (Wildman–Crippen LogP) is 1.45. The number of amides is 2. The standard InChI is InChI=1S/C14H15N3O3/c15-13-12(17(9-2-3-9)14(18)16-13)8-1-4-10-11(7-8)20-6-5-19-10/h1,4,7,9,12H,2-3,5-6H2,(H2,15,16,18). The molecule has 0 bridgehead atoms. The fourth-order valence-electron chi connectivity index (χ4n) is 2.76. The minimum Gasteiger partial charge on any atom is -0.486 e. The van der Waals surface area contributed by atoms with Crippen molar-refractivity contribution in [1.82, 2.24) is 4.90 Å². The Morgan fingerprint density at radius 3 is 2.70 bits per heavy atom. The molecule has 1 fully saturated rings. The second-order valence-corrected chi connectivity index (χ2v) is 5.26. The highest BCUT2D eigenvalue weighted by molar-refractivity contribution is 6.03. The summed E-state index contributed by atoms with van der Waals surface area (Å²) in [4.78, 5) is 17.6. The number of nitrogens with zero attached hydrogens (tertiary/aromatic N) is 2. The number of hydrogen-bond acceptors (Lipinski definition) is 4. The summed E-state index contributed by atoms with van der Waals surface area (Å²) in [5, 5.41) is 0. The van der Waals surface area contributed by atoms with Crippen molar-refractivity contribution >= 4 is 11.9 Å². The Bertz CT molecular complexity index is 610. The number of rotatable bonds is 2. The summed E-state index contributed by atoms with van der Waals surface area (Å²) in [6.45, 7) is 1.10. The second-order valence-electron chi connectivity index (χ2n) is 5.26. The number of fused-ring (bicyclic) bond motifs is 1. The molecule has 1 unspecified atom stereocenters. The molecule has 0 aromatic heterocycles. The predicted molar refractivity (Wildman–Crippen MR) is 72.1 cm³/mol. The van der Waals surface area contributed by atoms with Crippen molar-refractivity contribution in [3.63, 3.8) is 0 Å². The third-order valence-corrected chi connectivity index (χ3v) is 3.83. The summed E-state index contributed by atoms with van der Waals surface area (Å²) in [5.74, 6) is 1.80. The van der Waals surface area contributed by atoms with Crippen LogP contribution in [0.25, 0.3) is 0 Å². The van der Waals surface area contributed by atoms with Crippen LogP contribution in [0.5, 0.6) is 11.5 Å². The molecule has 104 valence electrons. The van der Waals surface area contributed by atoms with Crippen LogP contribution in [0.15, 0.2) is 23.2 Å². The summed E-state index contributed by atoms with van der Waals surface area (Å²) in [7, 11) is 0. The van der Waals surface area contributed by atoms with Crippen molar-refractivity contribution < 1.29 is 14.3 Å². The molecule has 1 aromatic rings. The lowest BCUT2D eigenvalue weighted by Gasteiger charge is -2.26. The zero-order valence-electron chi connectivity index (χ0n) is 10.9. The Kier molecular flexibility index (Phi) is 2.39. The highest BCUT2D eigenvalue weighted by Crippen LogP contribution is 2.40. The molecule has 2 N–H and O–H groups in total. The van der Waals surface area contributed by atoms with E-state index in [1.165, 1.54) is 0 Å². The Labute approximate surface area is 116 Å². The maximum atomic E-state index is 11.9. The largest absolute Gasteiger partial charge is 0.486 e. The first kappa shape index (κ1) is 11.6. The van der Waals surface area contributed by atoms with Crippen LogP contribution in [-0.4, -0.2) is 36.0 Å². The first-order chi connectivity index (χ1) is 9.74. The number of amidine groups is 1. The van der Waals surface area contributed by atoms with Crippen molar-refractivity contribution in [2.75, 3.05) is 13.2 Å². The average Bonchev–Trinajstić information content (AvgIpc) is 3.24. The average molecular weight is 273 g/mol. The van der Waals surface area contributed by atoms with E-state index < -0.39 is 0 Å². The fraction of sp³-hybridized carbons (Fsp3) is 0.429. The minimum absolute atomic E-state index is 0.232. The van der Waals surface area contributed by atoms with E-state index in [9.17, 15) is 4.79 Å². The molecule has 20 heavy (non-hydrogen) atoms. The highest BCUT2D eigenvalue weighted by atomic mass is 16.6. The zero-order chi connectivity index (χ0) is 13.7. The smallest absolute Gasteiger partial charge is 0.346 e. The Balaban J connectivity index is 1.72. The second kappa shape index (κ2) is 4.13. The molecular formula is C14H15N3O3. The SMILES string of the molecule is NC1=NC(=O)N(C2CC2)C1c1ccc2c(c1)OCCO2. The lowest BCUT2D eigenvalue weighted by molar-refractivity contribution is 0.171. The number of aliphatic imine (C=N–C) groups is 1. The van der Waals surface area contributed by atoms with Gasteiger partial charge < -0.3 is 20.1 Å². The summed E-state index contributed by atoms with van der Waals surface area (Å²) in [6, 6.07) is 5.45. The Hall–Kier alpha value is -2.24. The molecule has 2 aliphatic heterocycles. The van der Waals surface area contributed by atoms with Crippen LogP contribution in [0.1, 0.15) is 24.4 Å². The van der Waals surface area contributed by atoms with Crippen LogP contribution in [-0.2, 0) is 0 Å². The van der Waals surface area contributed by atoms with Crippen molar-refractivity contribution in [3.05, 3.63) is 23.8 Å². The maximum absolute atomic E-state index is 11.9. The normalized spacial score (nSPS) is 24.8. The monoisotopic (exact) mass is 273 g/mol. The number of urea groups is 1. The van der Waals surface area contributed by atoms with Gasteiger partial charge in [-0.1, -0.05) is 6.07 Å². The van der Waals surface area contributed by atoms with Crippen molar-refractivity contribution in [1.29, 1.82) is 0 Å². The molecule has 0 radical (unpaired) electrons. The van der Waals surface area contributed by atoms with E-state index in [4.69, 9.17) is 15.2 Å². The summed E-state index contributed by atoms with van der Waals surface area (Å²) in [5.41, 5.74) is 6.87. The quantitative estimate of drug-likeness (QED) is 0.884. The van der Waals surface area contributed by atoms with E-state index in [1.807, 2.05) is 18.2 Å². The van der Waals surface area contributed by atoms with Crippen LogP contribution >= 0.6 is 0 Å². The minimum atomic E-state index is -0.272. The van der Waals surface area contributed by atoms with E-state index in [-0.39, 0.29) is 18.1 Å². The fourth-order valence-corrected chi connectivity index (χ4v) is 2.76. The molecule has 2 amide bonds. The Morgan fingerprint density at radius 2 is 1.95 bits per heavy atom. The van der Waals surface area contributed by atoms with Gasteiger partial charge in [-0.3, -0.25) is 0 Å². The summed E-state index contributed by atoms with van der Waals surface area (Å²) < 4.78 is 11.1. The first-order valence-electron chi connectivity index (χ1n) is 6.80. The molecule has 1 saturated carbocycles. The van der Waals surface area contributed by atoms with Gasteiger partial charge in [-0.2, -0.15) is 4.99 Å². The van der Waals surface area contributed by atoms with Gasteiger partial charge in [0.15, 0.2) is 11.5 Å². The van der Waals surface area contributed by atoms with Crippen LogP contribution in [0.2, 0.25) is 0 Å². The molecule has 6 heteroatoms. The molecule has 1 aromatic carbocycles. The van der Waals surface area contributed by atoms with Gasteiger partial charge in [-0.05, 0) is 30.5 Å². The van der Waals surface area contributed by atoms with Crippen LogP contribution in [0.4, 0.5) is 4.79 Å². The molecule has 0 spiro atoms. The van der Waals surface area contributed by atoms with Gasteiger partial charge in [-0.25, -0.2) is 4.79 Å². The van der Waals surface area contributed by atoms with E-state index in [0.29, 0.717) is 24.8 Å². The summed E-state index contributed by atoms with van der Waals surface area (Å²) in [6.07, 6.45) is 2.05. The van der Waals surface area contributed by atoms with E-state index in [0.717, 1.165) is 24.2 Å². The van der Waals surface area contributed by atoms with Gasteiger partial charge in [0.2, 0.25) is 0 Å². The van der Waals surface area contributed by atoms with Gasteiger partial charge in [0.05, 0.1) is 0 Å². The van der Waals surface area contributed by atoms with Gasteiger partial charge in [0, 0.05) is 6.04 Å². The van der Waals surface area contributed by atoms with Crippen LogP contribution < -0.4 is 15.2 Å². The lowest BCUT2D eigenvalue weighted by atomic mass is 10.0. The summed E-state index contributed by atoms with van der Waals surface area (Å²) >= 11 is 0. The van der Waals surface area contributed by atoms with Crippen molar-refractivity contribution in [3.8, 4) is 11.5 Å². The number of carbonyl (C=O) groups is 1. The van der Waals surface area contributed by atoms with Crippen molar-refractivity contribution in [2.24, 2.45) is 10.7 Å². The molecular weight excluding hydrogens is 258 g/mol. The third-order valence-electron chi connectivity index (χ3n) is 3.83. The van der Waals surface area contributed by atoms with Crippen molar-refractivity contribution in [2.45, 2.75) is 24.9 Å². The van der Waals surface area contributed by atoms with Gasteiger partial charge in [-0.15, -0.1) is 0 Å². The molecule has 6 nitrogen and oxygen atoms in total. The van der Waals surface area contributed by atoms with E-state index in [2.05, 4.69) is 4.99 Å². The number of nitrogens with two attached hydrogens (primary N) is 1. The molecule has 4 rings (SSSR count). The van der Waals surface area contributed by atoms with E-state index >= 15 is 0 Å². The number of hydrogen-bond donors (Lipinski definition) is 1. The van der Waals surface area contributed by atoms with Crippen LogP contribution in [0, 0.1) is 0 Å². The molecule has 1 atom stereocenters. The number of benzene rings is 1. The van der Waals surface area contributed by atoms with Gasteiger partial charge in [0.25, 0.3) is 0 Å². The maximum Gasteiger partial charge on any atom is 0.346 e. The molecule has 3 aliphatic rings. The Morgan fingerprint density at radius 1 is 1.20 bits per heavy atom. The van der Waals surface area contributed by atoms with Gasteiger partial charge in [0.1, 0.15) is 25.1 Å². The van der Waals surface area contributed by atoms with Gasteiger partial charge >= 0.3 is 6.03 Å². The van der Waals surface area contributed by atoms with Crippen LogP contribution in [0.3, 0.4) is 0 Å². The highest BCUT2D eigenvalue weighted by Gasteiger charge is 2.43. The number of ether oxygens (including phenoxy) is 2. The lowest BCUT2D eigenvalue weighted by Crippen LogP contribution is -2.35. The molecule has 0 saturated heterocycles. The number of carbonyl (C=O) groups excluding carboxylic acids is 1.